The number of imide groups is 1. The lowest BCUT2D eigenvalue weighted by molar-refractivity contribution is -0.385. The summed E-state index contributed by atoms with van der Waals surface area (Å²) >= 11 is 0. The van der Waals surface area contributed by atoms with Crippen molar-refractivity contribution in [2.75, 3.05) is 5.06 Å². The molecule has 160 valence electrons. The van der Waals surface area contributed by atoms with E-state index in [4.69, 9.17) is 4.84 Å². The van der Waals surface area contributed by atoms with Crippen LogP contribution in [0.15, 0.2) is 84.9 Å². The monoisotopic (exact) mass is 429 g/mol. The fourth-order valence-corrected chi connectivity index (χ4v) is 4.41. The van der Waals surface area contributed by atoms with Crippen LogP contribution in [0.1, 0.15) is 17.2 Å². The molecule has 2 amide bonds. The summed E-state index contributed by atoms with van der Waals surface area (Å²) in [5, 5.41) is 13.2. The Kier molecular flexibility index (Phi) is 4.91. The van der Waals surface area contributed by atoms with Crippen LogP contribution in [0.4, 0.5) is 11.4 Å². The smallest absolute Gasteiger partial charge is 0.274 e. The van der Waals surface area contributed by atoms with Gasteiger partial charge < -0.3 is 0 Å². The number of nitro groups is 1. The van der Waals surface area contributed by atoms with Crippen LogP contribution in [0.3, 0.4) is 0 Å². The van der Waals surface area contributed by atoms with Gasteiger partial charge in [0.05, 0.1) is 22.7 Å². The number of anilines is 1. The maximum absolute atomic E-state index is 13.5. The molecular formula is C24H19N3O5. The highest BCUT2D eigenvalue weighted by atomic mass is 16.7. The van der Waals surface area contributed by atoms with E-state index in [9.17, 15) is 19.7 Å². The van der Waals surface area contributed by atoms with Gasteiger partial charge in [0.1, 0.15) is 12.0 Å². The zero-order valence-corrected chi connectivity index (χ0v) is 16.9. The molecule has 2 aliphatic rings. The Morgan fingerprint density at radius 2 is 1.47 bits per heavy atom. The van der Waals surface area contributed by atoms with Crippen molar-refractivity contribution >= 4 is 23.2 Å². The summed E-state index contributed by atoms with van der Waals surface area (Å²) in [6, 6.07) is 23.6. The van der Waals surface area contributed by atoms with E-state index < -0.39 is 34.8 Å². The zero-order valence-electron chi connectivity index (χ0n) is 16.9. The SMILES string of the molecule is O=C1C2ON(c3ccccc3)C(c3ccccc3[N+](=O)[O-])C2C(=O)N1Cc1ccccc1. The second kappa shape index (κ2) is 7.90. The molecule has 0 bridgehead atoms. The first kappa shape index (κ1) is 19.9. The number of carbonyl (C=O) groups excluding carboxylic acids is 2. The van der Waals surface area contributed by atoms with Gasteiger partial charge >= 0.3 is 0 Å². The van der Waals surface area contributed by atoms with Crippen LogP contribution >= 0.6 is 0 Å². The van der Waals surface area contributed by atoms with E-state index in [0.29, 0.717) is 11.3 Å². The fourth-order valence-electron chi connectivity index (χ4n) is 4.41. The molecule has 3 aromatic carbocycles. The van der Waals surface area contributed by atoms with Crippen LogP contribution < -0.4 is 5.06 Å². The van der Waals surface area contributed by atoms with Crippen LogP contribution in [0.25, 0.3) is 0 Å². The Hall–Kier alpha value is -4.04. The van der Waals surface area contributed by atoms with E-state index in [1.54, 1.807) is 42.5 Å². The van der Waals surface area contributed by atoms with E-state index in [0.717, 1.165) is 5.56 Å². The van der Waals surface area contributed by atoms with Crippen LogP contribution in [0, 0.1) is 16.0 Å². The molecule has 0 aromatic heterocycles. The van der Waals surface area contributed by atoms with Crippen LogP contribution in [0.5, 0.6) is 0 Å². The third-order valence-corrected chi connectivity index (χ3v) is 5.85. The summed E-state index contributed by atoms with van der Waals surface area (Å²) < 4.78 is 0. The van der Waals surface area contributed by atoms with Crippen molar-refractivity contribution in [3.8, 4) is 0 Å². The maximum Gasteiger partial charge on any atom is 0.274 e. The van der Waals surface area contributed by atoms with Crippen LogP contribution in [-0.2, 0) is 21.0 Å². The number of hydrogen-bond acceptors (Lipinski definition) is 6. The third-order valence-electron chi connectivity index (χ3n) is 5.85. The molecule has 32 heavy (non-hydrogen) atoms. The van der Waals surface area contributed by atoms with Crippen molar-refractivity contribution < 1.29 is 19.3 Å². The number of benzene rings is 3. The molecule has 2 heterocycles. The molecule has 0 radical (unpaired) electrons. The third kappa shape index (κ3) is 3.21. The van der Waals surface area contributed by atoms with Crippen molar-refractivity contribution in [2.24, 2.45) is 5.92 Å². The summed E-state index contributed by atoms with van der Waals surface area (Å²) in [6.07, 6.45) is -1.05. The van der Waals surface area contributed by atoms with E-state index >= 15 is 0 Å². The molecule has 2 fully saturated rings. The van der Waals surface area contributed by atoms with Gasteiger partial charge in [-0.2, -0.15) is 0 Å². The molecule has 3 aromatic rings. The number of rotatable bonds is 5. The van der Waals surface area contributed by atoms with Gasteiger partial charge in [0.2, 0.25) is 5.91 Å². The molecule has 3 unspecified atom stereocenters. The van der Waals surface area contributed by atoms with Gasteiger partial charge in [-0.1, -0.05) is 60.7 Å². The fraction of sp³-hybridized carbons (Fsp3) is 0.167. The van der Waals surface area contributed by atoms with Gasteiger partial charge in [-0.3, -0.25) is 29.4 Å². The number of para-hydroxylation sites is 2. The number of nitrogens with zero attached hydrogens (tertiary/aromatic N) is 3. The highest BCUT2D eigenvalue weighted by Gasteiger charge is 2.60. The van der Waals surface area contributed by atoms with Gasteiger partial charge in [0, 0.05) is 6.07 Å². The summed E-state index contributed by atoms with van der Waals surface area (Å²) in [5.41, 5.74) is 1.64. The van der Waals surface area contributed by atoms with Crippen molar-refractivity contribution in [3.05, 3.63) is 106 Å². The average molecular weight is 429 g/mol. The lowest BCUT2D eigenvalue weighted by atomic mass is 9.89. The van der Waals surface area contributed by atoms with Gasteiger partial charge in [-0.05, 0) is 23.8 Å². The number of hydrogen-bond donors (Lipinski definition) is 0. The Morgan fingerprint density at radius 3 is 2.16 bits per heavy atom. The van der Waals surface area contributed by atoms with E-state index in [1.165, 1.54) is 16.0 Å². The highest BCUT2D eigenvalue weighted by molar-refractivity contribution is 6.07. The van der Waals surface area contributed by atoms with Gasteiger partial charge in [0.15, 0.2) is 6.10 Å². The van der Waals surface area contributed by atoms with Crippen LogP contribution in [0.2, 0.25) is 0 Å². The highest BCUT2D eigenvalue weighted by Crippen LogP contribution is 2.48. The molecule has 8 heteroatoms. The van der Waals surface area contributed by atoms with Gasteiger partial charge in [0.25, 0.3) is 11.6 Å². The van der Waals surface area contributed by atoms with Crippen molar-refractivity contribution in [3.63, 3.8) is 0 Å². The molecule has 8 nitrogen and oxygen atoms in total. The van der Waals surface area contributed by atoms with Crippen molar-refractivity contribution in [1.29, 1.82) is 0 Å². The minimum absolute atomic E-state index is 0.121. The molecule has 3 atom stereocenters. The molecule has 2 aliphatic heterocycles. The molecule has 0 saturated carbocycles. The normalized spacial score (nSPS) is 22.3. The van der Waals surface area contributed by atoms with Gasteiger partial charge in [-0.25, -0.2) is 5.06 Å². The number of fused-ring (bicyclic) bond motifs is 1. The number of carbonyl (C=O) groups is 2. The van der Waals surface area contributed by atoms with E-state index in [2.05, 4.69) is 0 Å². The maximum atomic E-state index is 13.5. The largest absolute Gasteiger partial charge is 0.275 e. The quantitative estimate of drug-likeness (QED) is 0.349. The molecule has 0 N–H and O–H groups in total. The molecule has 5 rings (SSSR count). The predicted molar refractivity (Wildman–Crippen MR) is 115 cm³/mol. The summed E-state index contributed by atoms with van der Waals surface area (Å²) in [7, 11) is 0. The first-order chi connectivity index (χ1) is 15.6. The second-order valence-electron chi connectivity index (χ2n) is 7.72. The second-order valence-corrected chi connectivity index (χ2v) is 7.72. The number of hydroxylamine groups is 1. The van der Waals surface area contributed by atoms with Gasteiger partial charge in [-0.15, -0.1) is 0 Å². The Morgan fingerprint density at radius 1 is 0.844 bits per heavy atom. The first-order valence-corrected chi connectivity index (χ1v) is 10.2. The molecular weight excluding hydrogens is 410 g/mol. The molecule has 0 spiro atoms. The summed E-state index contributed by atoms with van der Waals surface area (Å²) in [6.45, 7) is 0.129. The number of likely N-dealkylation sites (tertiary alicyclic amines) is 1. The predicted octanol–water partition coefficient (Wildman–Crippen LogP) is 3.64. The minimum Gasteiger partial charge on any atom is -0.275 e. The lowest BCUT2D eigenvalue weighted by Gasteiger charge is -2.28. The summed E-state index contributed by atoms with van der Waals surface area (Å²) in [5.74, 6) is -1.73. The van der Waals surface area contributed by atoms with Crippen LogP contribution in [-0.4, -0.2) is 27.7 Å². The number of nitro benzene ring substituents is 1. The van der Waals surface area contributed by atoms with E-state index in [1.807, 2.05) is 36.4 Å². The Labute approximate surface area is 183 Å². The molecule has 2 saturated heterocycles. The Bertz CT molecular complexity index is 1180. The molecule has 0 aliphatic carbocycles. The topological polar surface area (TPSA) is 93.0 Å². The minimum atomic E-state index is -1.05. The first-order valence-electron chi connectivity index (χ1n) is 10.2. The summed E-state index contributed by atoms with van der Waals surface area (Å²) in [4.78, 5) is 45.1. The lowest BCUT2D eigenvalue weighted by Crippen LogP contribution is -2.37. The standard InChI is InChI=1S/C24H19N3O5/c28-23-20-21(18-13-7-8-14-19(18)27(30)31)26(17-11-5-2-6-12-17)32-22(20)24(29)25(23)15-16-9-3-1-4-10-16/h1-14,20-22H,15H2. The number of amides is 2. The van der Waals surface area contributed by atoms with Crippen molar-refractivity contribution in [1.82, 2.24) is 4.90 Å². The van der Waals surface area contributed by atoms with E-state index in [-0.39, 0.29) is 12.2 Å². The average Bonchev–Trinajstić information content (AvgIpc) is 3.32. The zero-order chi connectivity index (χ0) is 22.2. The van der Waals surface area contributed by atoms with Crippen molar-refractivity contribution in [2.45, 2.75) is 18.7 Å². The Balaban J connectivity index is 1.58.